The van der Waals surface area contributed by atoms with Gasteiger partial charge in [-0.1, -0.05) is 0 Å². The van der Waals surface area contributed by atoms with E-state index in [1.165, 1.54) is 0 Å². The highest BCUT2D eigenvalue weighted by molar-refractivity contribution is 9.15. The quantitative estimate of drug-likeness (QED) is 0.151. The predicted octanol–water partition coefficient (Wildman–Crippen LogP) is 3.18. The summed E-state index contributed by atoms with van der Waals surface area (Å²) in [6.45, 7) is 0. The van der Waals surface area contributed by atoms with E-state index < -0.39 is 11.9 Å². The minimum atomic E-state index is -1.82. The number of halogens is 4. The van der Waals surface area contributed by atoms with Gasteiger partial charge in [-0.3, -0.25) is 5.84 Å². The molecule has 6 nitrogen and oxygen atoms in total. The fourth-order valence-electron chi connectivity index (χ4n) is 0.678. The molecule has 0 saturated heterocycles. The number of aliphatic carboxylic acids is 2. The summed E-state index contributed by atoms with van der Waals surface area (Å²) in [6.07, 6.45) is 0. The first-order valence-corrected chi connectivity index (χ1v) is 7.15. The summed E-state index contributed by atoms with van der Waals surface area (Å²) in [5.74, 6) is 1.65. The zero-order valence-electron chi connectivity index (χ0n) is 8.38. The first kappa shape index (κ1) is 17.8. The molecule has 0 bridgehead atoms. The fourth-order valence-corrected chi connectivity index (χ4v) is 2.80. The first-order chi connectivity index (χ1) is 8.22. The lowest BCUT2D eigenvalue weighted by atomic mass is 10.3. The number of nitrogens with one attached hydrogen (secondary N) is 1. The fraction of sp³-hybridized carbons (Fsp3) is 0. The van der Waals surface area contributed by atoms with Gasteiger partial charge in [0, 0.05) is 13.4 Å². The molecule has 0 aliphatic carbocycles. The summed E-state index contributed by atoms with van der Waals surface area (Å²) >= 11 is 13.6. The normalized spacial score (nSPS) is 9.17. The van der Waals surface area contributed by atoms with Crippen LogP contribution in [0.2, 0.25) is 0 Å². The van der Waals surface area contributed by atoms with E-state index >= 15 is 0 Å². The molecular weight excluding hydrogens is 508 g/mol. The van der Waals surface area contributed by atoms with Gasteiger partial charge in [0.05, 0.1) is 10.2 Å². The van der Waals surface area contributed by atoms with Crippen molar-refractivity contribution in [2.24, 2.45) is 5.84 Å². The van der Waals surface area contributed by atoms with Gasteiger partial charge in [-0.25, -0.2) is 9.59 Å². The molecule has 0 radical (unpaired) electrons. The van der Waals surface area contributed by atoms with E-state index in [4.69, 9.17) is 25.6 Å². The largest absolute Gasteiger partial charge is 0.473 e. The van der Waals surface area contributed by atoms with E-state index in [1.54, 1.807) is 0 Å². The summed E-state index contributed by atoms with van der Waals surface area (Å²) in [5.41, 5.74) is 3.39. The molecule has 0 aliphatic rings. The van der Waals surface area contributed by atoms with Crippen molar-refractivity contribution in [2.75, 3.05) is 5.43 Å². The van der Waals surface area contributed by atoms with Crippen LogP contribution in [0.4, 0.5) is 5.69 Å². The Morgan fingerprint density at radius 2 is 1.44 bits per heavy atom. The SMILES string of the molecule is NNc1cc(Br)c(Br)c(Br)c1Br.O=C(O)C(=O)O. The smallest absolute Gasteiger partial charge is 0.414 e. The number of hydrazine groups is 1. The average Bonchev–Trinajstić information content (AvgIpc) is 2.31. The minimum Gasteiger partial charge on any atom is -0.473 e. The van der Waals surface area contributed by atoms with E-state index in [2.05, 4.69) is 69.1 Å². The molecule has 1 aromatic rings. The lowest BCUT2D eigenvalue weighted by molar-refractivity contribution is -0.159. The Hall–Kier alpha value is -0.160. The summed E-state index contributed by atoms with van der Waals surface area (Å²) in [4.78, 5) is 18.2. The Balaban J connectivity index is 0.000000411. The van der Waals surface area contributed by atoms with Crippen LogP contribution < -0.4 is 11.3 Å². The van der Waals surface area contributed by atoms with E-state index in [0.29, 0.717) is 0 Å². The third-order valence-electron chi connectivity index (χ3n) is 1.44. The van der Waals surface area contributed by atoms with Gasteiger partial charge in [0.2, 0.25) is 0 Å². The molecule has 0 saturated carbocycles. The number of hydrogen-bond donors (Lipinski definition) is 4. The van der Waals surface area contributed by atoms with Crippen molar-refractivity contribution in [1.82, 2.24) is 0 Å². The zero-order chi connectivity index (χ0) is 14.5. The summed E-state index contributed by atoms with van der Waals surface area (Å²) in [5, 5.41) is 14.8. The van der Waals surface area contributed by atoms with Gasteiger partial charge in [0.15, 0.2) is 0 Å². The number of anilines is 1. The molecular formula is C8H6Br4N2O4. The topological polar surface area (TPSA) is 113 Å². The van der Waals surface area contributed by atoms with Crippen LogP contribution in [0.15, 0.2) is 24.0 Å². The van der Waals surface area contributed by atoms with Crippen LogP contribution in [0.25, 0.3) is 0 Å². The van der Waals surface area contributed by atoms with Crippen LogP contribution in [0.5, 0.6) is 0 Å². The molecule has 0 aliphatic heterocycles. The number of rotatable bonds is 1. The third kappa shape index (κ3) is 5.22. The molecule has 0 amide bonds. The first-order valence-electron chi connectivity index (χ1n) is 3.98. The third-order valence-corrected chi connectivity index (χ3v) is 6.10. The van der Waals surface area contributed by atoms with Crippen molar-refractivity contribution in [3.05, 3.63) is 24.0 Å². The molecule has 1 rings (SSSR count). The second-order valence-corrected chi connectivity index (χ2v) is 5.84. The number of nitrogen functional groups attached to an aromatic ring is 1. The van der Waals surface area contributed by atoms with Crippen molar-refractivity contribution in [1.29, 1.82) is 0 Å². The highest BCUT2D eigenvalue weighted by atomic mass is 79.9. The van der Waals surface area contributed by atoms with Crippen molar-refractivity contribution in [3.63, 3.8) is 0 Å². The van der Waals surface area contributed by atoms with Gasteiger partial charge in [-0.2, -0.15) is 0 Å². The van der Waals surface area contributed by atoms with Crippen LogP contribution >= 0.6 is 63.7 Å². The molecule has 0 spiro atoms. The van der Waals surface area contributed by atoms with Gasteiger partial charge in [0.1, 0.15) is 0 Å². The molecule has 10 heteroatoms. The molecule has 18 heavy (non-hydrogen) atoms. The monoisotopic (exact) mass is 510 g/mol. The Morgan fingerprint density at radius 1 is 1.00 bits per heavy atom. The maximum Gasteiger partial charge on any atom is 0.414 e. The van der Waals surface area contributed by atoms with Crippen LogP contribution in [-0.4, -0.2) is 22.2 Å². The highest BCUT2D eigenvalue weighted by Crippen LogP contribution is 2.40. The predicted molar refractivity (Wildman–Crippen MR) is 80.3 cm³/mol. The minimum absolute atomic E-state index is 0.817. The second kappa shape index (κ2) is 8.10. The molecule has 5 N–H and O–H groups in total. The molecule has 0 unspecified atom stereocenters. The maximum absolute atomic E-state index is 9.10. The van der Waals surface area contributed by atoms with Crippen molar-refractivity contribution in [2.45, 2.75) is 0 Å². The van der Waals surface area contributed by atoms with E-state index in [0.717, 1.165) is 23.6 Å². The number of hydrogen-bond acceptors (Lipinski definition) is 4. The van der Waals surface area contributed by atoms with E-state index in [9.17, 15) is 0 Å². The lowest BCUT2D eigenvalue weighted by Gasteiger charge is -2.08. The Bertz CT molecular complexity index is 469. The number of carboxylic acid groups (broad SMARTS) is 2. The van der Waals surface area contributed by atoms with Crippen molar-refractivity contribution >= 4 is 81.3 Å². The second-order valence-electron chi connectivity index (χ2n) is 2.60. The molecule has 100 valence electrons. The Labute approximate surface area is 135 Å². The molecule has 0 fully saturated rings. The van der Waals surface area contributed by atoms with E-state index in [-0.39, 0.29) is 0 Å². The number of benzene rings is 1. The number of carboxylic acids is 2. The average molecular weight is 514 g/mol. The van der Waals surface area contributed by atoms with Gasteiger partial charge in [-0.15, -0.1) is 0 Å². The van der Waals surface area contributed by atoms with Crippen molar-refractivity contribution < 1.29 is 19.8 Å². The van der Waals surface area contributed by atoms with Gasteiger partial charge < -0.3 is 15.6 Å². The van der Waals surface area contributed by atoms with Crippen LogP contribution in [-0.2, 0) is 9.59 Å². The molecule has 0 atom stereocenters. The van der Waals surface area contributed by atoms with Crippen LogP contribution in [0.1, 0.15) is 0 Å². The number of carbonyl (C=O) groups is 2. The van der Waals surface area contributed by atoms with E-state index in [1.807, 2.05) is 6.07 Å². The maximum atomic E-state index is 9.10. The number of nitrogens with two attached hydrogens (primary N) is 1. The van der Waals surface area contributed by atoms with Crippen molar-refractivity contribution in [3.8, 4) is 0 Å². The molecule has 1 aromatic carbocycles. The summed E-state index contributed by atoms with van der Waals surface area (Å²) in [6, 6.07) is 1.87. The summed E-state index contributed by atoms with van der Waals surface area (Å²) < 4.78 is 3.70. The molecule has 0 heterocycles. The Kier molecular flexibility index (Phi) is 8.03. The van der Waals surface area contributed by atoms with Gasteiger partial charge in [-0.05, 0) is 69.8 Å². The lowest BCUT2D eigenvalue weighted by Crippen LogP contribution is -2.09. The van der Waals surface area contributed by atoms with Crippen LogP contribution in [0, 0.1) is 0 Å². The summed E-state index contributed by atoms with van der Waals surface area (Å²) in [7, 11) is 0. The standard InChI is InChI=1S/C6H4Br4N2.C2H2O4/c7-2-1-3(12-11)5(9)6(10)4(2)8;3-1(4)2(5)6/h1,12H,11H2;(H,3,4)(H,5,6). The zero-order valence-corrected chi connectivity index (χ0v) is 14.7. The van der Waals surface area contributed by atoms with Gasteiger partial charge >= 0.3 is 11.9 Å². The highest BCUT2D eigenvalue weighted by Gasteiger charge is 2.10. The molecule has 0 aromatic heterocycles. The Morgan fingerprint density at radius 3 is 1.78 bits per heavy atom. The van der Waals surface area contributed by atoms with Crippen LogP contribution in [0.3, 0.4) is 0 Å². The van der Waals surface area contributed by atoms with Gasteiger partial charge in [0.25, 0.3) is 0 Å².